The van der Waals surface area contributed by atoms with Gasteiger partial charge in [-0.05, 0) is 37.1 Å². The number of hydrogen-bond donors (Lipinski definition) is 1. The predicted octanol–water partition coefficient (Wildman–Crippen LogP) is 2.85. The fraction of sp³-hybridized carbons (Fsp3) is 0.533. The zero-order chi connectivity index (χ0) is 15.3. The zero-order valence-corrected chi connectivity index (χ0v) is 11.7. The van der Waals surface area contributed by atoms with Crippen molar-refractivity contribution in [3.63, 3.8) is 0 Å². The van der Waals surface area contributed by atoms with Crippen LogP contribution in [0, 0.1) is 0 Å². The number of nitrogens with zero attached hydrogens (tertiary/aromatic N) is 1. The third-order valence-electron chi connectivity index (χ3n) is 3.59. The second-order valence-electron chi connectivity index (χ2n) is 5.33. The fourth-order valence-corrected chi connectivity index (χ4v) is 2.42. The zero-order valence-electron chi connectivity index (χ0n) is 11.7. The molecule has 0 saturated carbocycles. The molecule has 0 aliphatic carbocycles. The molecule has 1 aliphatic rings. The molecular formula is C15H19F3N2O. The molecule has 1 fully saturated rings. The van der Waals surface area contributed by atoms with Crippen LogP contribution in [0.5, 0.6) is 0 Å². The number of carbonyl (C=O) groups excluding carboxylic acids is 1. The quantitative estimate of drug-likeness (QED) is 0.927. The van der Waals surface area contributed by atoms with E-state index in [2.05, 4.69) is 4.90 Å². The minimum atomic E-state index is -4.83. The van der Waals surface area contributed by atoms with Crippen LogP contribution in [-0.2, 0) is 17.9 Å². The van der Waals surface area contributed by atoms with Gasteiger partial charge in [0.1, 0.15) is 0 Å². The van der Waals surface area contributed by atoms with Gasteiger partial charge in [-0.15, -0.1) is 0 Å². The molecule has 1 aromatic rings. The number of carbonyl (C=O) groups is 1. The smallest absolute Gasteiger partial charge is 0.344 e. The van der Waals surface area contributed by atoms with E-state index in [4.69, 9.17) is 0 Å². The third kappa shape index (κ3) is 5.04. The molecule has 0 atom stereocenters. The first kappa shape index (κ1) is 15.8. The molecule has 1 aliphatic heterocycles. The molecular weight excluding hydrogens is 281 g/mol. The van der Waals surface area contributed by atoms with Gasteiger partial charge in [0.05, 0.1) is 0 Å². The predicted molar refractivity (Wildman–Crippen MR) is 73.5 cm³/mol. The minimum Gasteiger partial charge on any atom is -0.344 e. The summed E-state index contributed by atoms with van der Waals surface area (Å²) < 4.78 is 36.2. The Morgan fingerprint density at radius 3 is 2.19 bits per heavy atom. The van der Waals surface area contributed by atoms with Gasteiger partial charge >= 0.3 is 12.1 Å². The summed E-state index contributed by atoms with van der Waals surface area (Å²) in [4.78, 5) is 13.1. The lowest BCUT2D eigenvalue weighted by Gasteiger charge is -2.26. The van der Waals surface area contributed by atoms with Gasteiger partial charge in [0, 0.05) is 13.1 Å². The Morgan fingerprint density at radius 1 is 1.05 bits per heavy atom. The van der Waals surface area contributed by atoms with E-state index in [0.29, 0.717) is 5.56 Å². The molecule has 0 aromatic heterocycles. The van der Waals surface area contributed by atoms with Crippen molar-refractivity contribution in [3.8, 4) is 0 Å². The van der Waals surface area contributed by atoms with Gasteiger partial charge in [-0.25, -0.2) is 0 Å². The largest absolute Gasteiger partial charge is 0.471 e. The average molecular weight is 300 g/mol. The highest BCUT2D eigenvalue weighted by Crippen LogP contribution is 2.15. The Morgan fingerprint density at radius 2 is 1.62 bits per heavy atom. The molecule has 1 N–H and O–H groups in total. The number of alkyl halides is 3. The second kappa shape index (κ2) is 6.93. The molecule has 2 rings (SSSR count). The van der Waals surface area contributed by atoms with E-state index < -0.39 is 12.1 Å². The number of hydrogen-bond acceptors (Lipinski definition) is 2. The van der Waals surface area contributed by atoms with Crippen molar-refractivity contribution < 1.29 is 18.0 Å². The molecule has 1 heterocycles. The van der Waals surface area contributed by atoms with Crippen LogP contribution in [-0.4, -0.2) is 30.1 Å². The number of rotatable bonds is 4. The first-order chi connectivity index (χ1) is 9.95. The number of piperidine rings is 1. The lowest BCUT2D eigenvalue weighted by molar-refractivity contribution is -0.173. The summed E-state index contributed by atoms with van der Waals surface area (Å²) in [7, 11) is 0. The van der Waals surface area contributed by atoms with Gasteiger partial charge in [-0.2, -0.15) is 13.2 Å². The number of benzene rings is 1. The van der Waals surface area contributed by atoms with Crippen LogP contribution in [0.15, 0.2) is 24.3 Å². The second-order valence-corrected chi connectivity index (χ2v) is 5.33. The first-order valence-electron chi connectivity index (χ1n) is 7.10. The topological polar surface area (TPSA) is 32.3 Å². The standard InChI is InChI=1S/C15H19F3N2O/c16-15(17,18)14(21)19-10-12-4-6-13(7-5-12)11-20-8-2-1-3-9-20/h4-7H,1-3,8-11H2,(H,19,21). The highest BCUT2D eigenvalue weighted by Gasteiger charge is 2.38. The fourth-order valence-electron chi connectivity index (χ4n) is 2.42. The van der Waals surface area contributed by atoms with Crippen molar-refractivity contribution in [1.82, 2.24) is 10.2 Å². The summed E-state index contributed by atoms with van der Waals surface area (Å²) in [5.74, 6) is -1.90. The molecule has 6 heteroatoms. The Kier molecular flexibility index (Phi) is 5.22. The molecule has 1 aromatic carbocycles. The first-order valence-corrected chi connectivity index (χ1v) is 7.10. The summed E-state index contributed by atoms with van der Waals surface area (Å²) in [5.41, 5.74) is 1.80. The Bertz CT molecular complexity index is 465. The number of halogens is 3. The number of amides is 1. The highest BCUT2D eigenvalue weighted by atomic mass is 19.4. The van der Waals surface area contributed by atoms with Crippen LogP contribution in [0.25, 0.3) is 0 Å². The highest BCUT2D eigenvalue weighted by molar-refractivity contribution is 5.81. The molecule has 0 bridgehead atoms. The van der Waals surface area contributed by atoms with Crippen molar-refractivity contribution in [3.05, 3.63) is 35.4 Å². The van der Waals surface area contributed by atoms with Crippen LogP contribution >= 0.6 is 0 Å². The van der Waals surface area contributed by atoms with Crippen LogP contribution in [0.2, 0.25) is 0 Å². The van der Waals surface area contributed by atoms with E-state index in [1.807, 2.05) is 17.4 Å². The van der Waals surface area contributed by atoms with E-state index in [1.54, 1.807) is 12.1 Å². The molecule has 3 nitrogen and oxygen atoms in total. The third-order valence-corrected chi connectivity index (χ3v) is 3.59. The van der Waals surface area contributed by atoms with E-state index in [0.717, 1.165) is 25.2 Å². The van der Waals surface area contributed by atoms with Crippen molar-refractivity contribution in [1.29, 1.82) is 0 Å². The molecule has 0 spiro atoms. The van der Waals surface area contributed by atoms with E-state index in [9.17, 15) is 18.0 Å². The molecule has 1 saturated heterocycles. The molecule has 21 heavy (non-hydrogen) atoms. The summed E-state index contributed by atoms with van der Waals surface area (Å²) in [6, 6.07) is 7.33. The lowest BCUT2D eigenvalue weighted by atomic mass is 10.1. The maximum absolute atomic E-state index is 12.1. The van der Waals surface area contributed by atoms with E-state index in [-0.39, 0.29) is 6.54 Å². The lowest BCUT2D eigenvalue weighted by Crippen LogP contribution is -2.36. The van der Waals surface area contributed by atoms with E-state index in [1.165, 1.54) is 19.3 Å². The van der Waals surface area contributed by atoms with Crippen molar-refractivity contribution in [2.75, 3.05) is 13.1 Å². The Labute approximate surface area is 122 Å². The molecule has 116 valence electrons. The average Bonchev–Trinajstić information content (AvgIpc) is 2.46. The van der Waals surface area contributed by atoms with Crippen LogP contribution in [0.4, 0.5) is 13.2 Å². The van der Waals surface area contributed by atoms with Crippen LogP contribution in [0.1, 0.15) is 30.4 Å². The minimum absolute atomic E-state index is 0.109. The number of likely N-dealkylation sites (tertiary alicyclic amines) is 1. The molecule has 0 radical (unpaired) electrons. The monoisotopic (exact) mass is 300 g/mol. The van der Waals surface area contributed by atoms with Gasteiger partial charge in [-0.3, -0.25) is 9.69 Å². The van der Waals surface area contributed by atoms with E-state index >= 15 is 0 Å². The maximum Gasteiger partial charge on any atom is 0.471 e. The van der Waals surface area contributed by atoms with Gasteiger partial charge in [0.25, 0.3) is 0 Å². The Hall–Kier alpha value is -1.56. The number of nitrogens with one attached hydrogen (secondary N) is 1. The van der Waals surface area contributed by atoms with Crippen LogP contribution < -0.4 is 5.32 Å². The molecule has 1 amide bonds. The van der Waals surface area contributed by atoms with Crippen molar-refractivity contribution in [2.24, 2.45) is 0 Å². The summed E-state index contributed by atoms with van der Waals surface area (Å²) in [5, 5.41) is 1.87. The summed E-state index contributed by atoms with van der Waals surface area (Å²) in [6.07, 6.45) is -1.09. The van der Waals surface area contributed by atoms with Crippen molar-refractivity contribution in [2.45, 2.75) is 38.5 Å². The van der Waals surface area contributed by atoms with Gasteiger partial charge in [0.2, 0.25) is 0 Å². The Balaban J connectivity index is 1.82. The van der Waals surface area contributed by atoms with Crippen LogP contribution in [0.3, 0.4) is 0 Å². The van der Waals surface area contributed by atoms with Gasteiger partial charge < -0.3 is 5.32 Å². The normalized spacial score (nSPS) is 16.7. The summed E-state index contributed by atoms with van der Waals surface area (Å²) in [6.45, 7) is 2.96. The van der Waals surface area contributed by atoms with Gasteiger partial charge in [-0.1, -0.05) is 30.7 Å². The maximum atomic E-state index is 12.1. The van der Waals surface area contributed by atoms with Crippen molar-refractivity contribution >= 4 is 5.91 Å². The van der Waals surface area contributed by atoms with Gasteiger partial charge in [0.15, 0.2) is 0 Å². The SMILES string of the molecule is O=C(NCc1ccc(CN2CCCCC2)cc1)C(F)(F)F. The molecule has 0 unspecified atom stereocenters. The summed E-state index contributed by atoms with van der Waals surface area (Å²) >= 11 is 0.